The van der Waals surface area contributed by atoms with Gasteiger partial charge in [0.1, 0.15) is 11.8 Å². The predicted octanol–water partition coefficient (Wildman–Crippen LogP) is 4.23. The lowest BCUT2D eigenvalue weighted by Gasteiger charge is -2.31. The summed E-state index contributed by atoms with van der Waals surface area (Å²) in [6.07, 6.45) is 2.73. The number of amides is 2. The van der Waals surface area contributed by atoms with Crippen LogP contribution in [0, 0.1) is 0 Å². The van der Waals surface area contributed by atoms with E-state index in [4.69, 9.17) is 16.3 Å². The highest BCUT2D eigenvalue weighted by atomic mass is 35.5. The van der Waals surface area contributed by atoms with Gasteiger partial charge >= 0.3 is 0 Å². The largest absolute Gasteiger partial charge is 0.497 e. The molecule has 0 aliphatic heterocycles. The van der Waals surface area contributed by atoms with Crippen molar-refractivity contribution in [1.82, 2.24) is 10.2 Å². The molecule has 0 aliphatic rings. The van der Waals surface area contributed by atoms with Gasteiger partial charge in [0.15, 0.2) is 0 Å². The van der Waals surface area contributed by atoms with Gasteiger partial charge in [0.25, 0.3) is 0 Å². The maximum absolute atomic E-state index is 13.4. The van der Waals surface area contributed by atoms with Gasteiger partial charge in [-0.05, 0) is 55.2 Å². The first-order valence-corrected chi connectivity index (χ1v) is 14.3. The van der Waals surface area contributed by atoms with Gasteiger partial charge in [0.05, 0.1) is 19.1 Å². The van der Waals surface area contributed by atoms with Crippen LogP contribution in [0.4, 0.5) is 5.69 Å². The van der Waals surface area contributed by atoms with E-state index in [0.29, 0.717) is 29.4 Å². The summed E-state index contributed by atoms with van der Waals surface area (Å²) in [4.78, 5) is 27.9. The molecule has 0 aliphatic carbocycles. The van der Waals surface area contributed by atoms with E-state index in [9.17, 15) is 18.0 Å². The maximum Gasteiger partial charge on any atom is 0.242 e. The number of ether oxygens (including phenoxy) is 1. The second-order valence-electron chi connectivity index (χ2n) is 8.50. The summed E-state index contributed by atoms with van der Waals surface area (Å²) >= 11 is 6.05. The van der Waals surface area contributed by atoms with E-state index < -0.39 is 16.1 Å². The van der Waals surface area contributed by atoms with E-state index >= 15 is 0 Å². The number of anilines is 1. The molecular weight excluding hydrogens is 502 g/mol. The molecular formula is C26H36ClN3O5S. The third kappa shape index (κ3) is 8.71. The molecule has 1 N–H and O–H groups in total. The molecule has 198 valence electrons. The Balaban J connectivity index is 2.20. The van der Waals surface area contributed by atoms with E-state index in [2.05, 4.69) is 5.32 Å². The molecule has 0 fully saturated rings. The SMILES string of the molecule is CCCNC(=O)[C@@H](CC)N(Cc1ccc(OC)cc1)C(=O)CCCN(c1cccc(Cl)c1)S(C)(=O)=O. The number of carbonyl (C=O) groups is 2. The Hall–Kier alpha value is -2.78. The van der Waals surface area contributed by atoms with Crippen molar-refractivity contribution < 1.29 is 22.7 Å². The Morgan fingerprint density at radius 2 is 1.81 bits per heavy atom. The van der Waals surface area contributed by atoms with Crippen LogP contribution in [0.3, 0.4) is 0 Å². The molecule has 0 bridgehead atoms. The van der Waals surface area contributed by atoms with Crippen LogP contribution in [0.5, 0.6) is 5.75 Å². The highest BCUT2D eigenvalue weighted by Crippen LogP contribution is 2.23. The lowest BCUT2D eigenvalue weighted by molar-refractivity contribution is -0.141. The van der Waals surface area contributed by atoms with Crippen LogP contribution in [0.15, 0.2) is 48.5 Å². The molecule has 0 saturated carbocycles. The second kappa shape index (κ2) is 14.1. The van der Waals surface area contributed by atoms with Crippen LogP contribution in [0.25, 0.3) is 0 Å². The lowest BCUT2D eigenvalue weighted by atomic mass is 10.1. The monoisotopic (exact) mass is 537 g/mol. The summed E-state index contributed by atoms with van der Waals surface area (Å²) in [5, 5.41) is 3.31. The van der Waals surface area contributed by atoms with E-state index in [1.165, 1.54) is 4.31 Å². The number of benzene rings is 2. The fourth-order valence-corrected chi connectivity index (χ4v) is 4.99. The predicted molar refractivity (Wildman–Crippen MR) is 144 cm³/mol. The topological polar surface area (TPSA) is 96.0 Å². The average Bonchev–Trinajstić information content (AvgIpc) is 2.84. The summed E-state index contributed by atoms with van der Waals surface area (Å²) in [5.74, 6) is 0.285. The molecule has 0 spiro atoms. The molecule has 2 aromatic carbocycles. The van der Waals surface area contributed by atoms with Crippen LogP contribution in [-0.2, 0) is 26.2 Å². The first-order chi connectivity index (χ1) is 17.1. The Bertz CT molecular complexity index is 1110. The number of sulfonamides is 1. The molecule has 1 atom stereocenters. The van der Waals surface area contributed by atoms with Crippen LogP contribution >= 0.6 is 11.6 Å². The number of carbonyl (C=O) groups excluding carboxylic acids is 2. The number of hydrogen-bond acceptors (Lipinski definition) is 5. The van der Waals surface area contributed by atoms with Crippen molar-refractivity contribution in [3.05, 3.63) is 59.1 Å². The molecule has 0 heterocycles. The minimum Gasteiger partial charge on any atom is -0.497 e. The van der Waals surface area contributed by atoms with Gasteiger partial charge in [-0.3, -0.25) is 13.9 Å². The van der Waals surface area contributed by atoms with Crippen molar-refractivity contribution in [1.29, 1.82) is 0 Å². The Kier molecular flexibility index (Phi) is 11.5. The Morgan fingerprint density at radius 1 is 1.11 bits per heavy atom. The van der Waals surface area contributed by atoms with Crippen LogP contribution in [0.2, 0.25) is 5.02 Å². The van der Waals surface area contributed by atoms with Crippen LogP contribution in [-0.4, -0.2) is 57.6 Å². The molecule has 2 aromatic rings. The fourth-order valence-electron chi connectivity index (χ4n) is 3.85. The normalized spacial score (nSPS) is 12.0. The quantitative estimate of drug-likeness (QED) is 0.389. The van der Waals surface area contributed by atoms with Gasteiger partial charge in [-0.25, -0.2) is 8.42 Å². The van der Waals surface area contributed by atoms with E-state index in [1.807, 2.05) is 38.1 Å². The molecule has 36 heavy (non-hydrogen) atoms. The first-order valence-electron chi connectivity index (χ1n) is 12.0. The number of methoxy groups -OCH3 is 1. The standard InChI is InChI=1S/C26H36ClN3O5S/c1-5-16-28-26(32)24(6-2)29(19-20-12-14-23(35-3)15-13-20)25(31)11-8-17-30(36(4,33)34)22-10-7-9-21(27)18-22/h7,9-10,12-15,18,24H,5-6,8,11,16-17,19H2,1-4H3,(H,28,32)/t24-/m1/s1. The van der Waals surface area contributed by atoms with Crippen molar-refractivity contribution in [3.8, 4) is 5.75 Å². The zero-order chi connectivity index (χ0) is 26.7. The molecule has 8 nitrogen and oxygen atoms in total. The summed E-state index contributed by atoms with van der Waals surface area (Å²) < 4.78 is 31.3. The van der Waals surface area contributed by atoms with Crippen molar-refractivity contribution in [2.75, 3.05) is 30.8 Å². The van der Waals surface area contributed by atoms with Crippen molar-refractivity contribution in [2.24, 2.45) is 0 Å². The summed E-state index contributed by atoms with van der Waals surface area (Å²) in [7, 11) is -2.00. The number of halogens is 1. The summed E-state index contributed by atoms with van der Waals surface area (Å²) in [5.41, 5.74) is 1.31. The number of rotatable bonds is 14. The number of nitrogens with one attached hydrogen (secondary N) is 1. The molecule has 2 rings (SSSR count). The van der Waals surface area contributed by atoms with Crippen molar-refractivity contribution in [2.45, 2.75) is 52.1 Å². The Labute approximate surface area is 219 Å². The van der Waals surface area contributed by atoms with Gasteiger partial charge in [-0.15, -0.1) is 0 Å². The summed E-state index contributed by atoms with van der Waals surface area (Å²) in [6, 6.07) is 13.3. The Morgan fingerprint density at radius 3 is 2.36 bits per heavy atom. The molecule has 0 unspecified atom stereocenters. The fraction of sp³-hybridized carbons (Fsp3) is 0.462. The lowest BCUT2D eigenvalue weighted by Crippen LogP contribution is -2.49. The second-order valence-corrected chi connectivity index (χ2v) is 10.8. The molecule has 0 radical (unpaired) electrons. The molecule has 0 saturated heterocycles. The van der Waals surface area contributed by atoms with Gasteiger partial charge in [-0.1, -0.05) is 43.6 Å². The first kappa shape index (κ1) is 29.5. The molecule has 2 amide bonds. The van der Waals surface area contributed by atoms with E-state index in [1.54, 1.807) is 36.3 Å². The van der Waals surface area contributed by atoms with E-state index in [-0.39, 0.29) is 37.7 Å². The highest BCUT2D eigenvalue weighted by Gasteiger charge is 2.28. The van der Waals surface area contributed by atoms with Gasteiger partial charge in [-0.2, -0.15) is 0 Å². The number of nitrogens with zero attached hydrogens (tertiary/aromatic N) is 2. The molecule has 0 aromatic heterocycles. The maximum atomic E-state index is 13.4. The third-order valence-corrected chi connectivity index (χ3v) is 7.12. The zero-order valence-electron chi connectivity index (χ0n) is 21.4. The third-order valence-electron chi connectivity index (χ3n) is 5.70. The zero-order valence-corrected chi connectivity index (χ0v) is 22.9. The number of hydrogen-bond donors (Lipinski definition) is 1. The summed E-state index contributed by atoms with van der Waals surface area (Å²) in [6.45, 7) is 4.73. The van der Waals surface area contributed by atoms with Gasteiger partial charge in [0, 0.05) is 31.1 Å². The smallest absolute Gasteiger partial charge is 0.242 e. The van der Waals surface area contributed by atoms with Gasteiger partial charge in [0.2, 0.25) is 21.8 Å². The molecule has 10 heteroatoms. The van der Waals surface area contributed by atoms with E-state index in [0.717, 1.165) is 18.2 Å². The minimum atomic E-state index is -3.58. The van der Waals surface area contributed by atoms with Gasteiger partial charge < -0.3 is 15.0 Å². The van der Waals surface area contributed by atoms with Crippen molar-refractivity contribution >= 4 is 39.1 Å². The average molecular weight is 538 g/mol. The minimum absolute atomic E-state index is 0.0836. The highest BCUT2D eigenvalue weighted by molar-refractivity contribution is 7.92. The van der Waals surface area contributed by atoms with Crippen molar-refractivity contribution in [3.63, 3.8) is 0 Å². The van der Waals surface area contributed by atoms with Crippen LogP contribution in [0.1, 0.15) is 45.1 Å². The van der Waals surface area contributed by atoms with Crippen LogP contribution < -0.4 is 14.4 Å².